The number of aromatic hydroxyl groups is 1. The van der Waals surface area contributed by atoms with Gasteiger partial charge in [-0.05, 0) is 19.9 Å². The van der Waals surface area contributed by atoms with Crippen molar-refractivity contribution in [2.24, 2.45) is 0 Å². The molecule has 0 aromatic heterocycles. The Balaban J connectivity index is 2.59. The molecule has 0 saturated carbocycles. The molecule has 0 saturated heterocycles. The molecule has 7 nitrogen and oxygen atoms in total. The van der Waals surface area contributed by atoms with Crippen LogP contribution in [0.2, 0.25) is 5.02 Å². The molecule has 0 bridgehead atoms. The van der Waals surface area contributed by atoms with Crippen molar-refractivity contribution in [3.63, 3.8) is 0 Å². The number of allylic oxidation sites excluding steroid dienone is 1. The molecule has 1 heterocycles. The number of rotatable bonds is 4. The normalized spacial score (nSPS) is 17.4. The summed E-state index contributed by atoms with van der Waals surface area (Å²) < 4.78 is 10.1. The van der Waals surface area contributed by atoms with Gasteiger partial charge in [0.15, 0.2) is 11.5 Å². The van der Waals surface area contributed by atoms with Crippen LogP contribution in [0.4, 0.5) is 4.79 Å². The molecule has 8 heteroatoms. The van der Waals surface area contributed by atoms with Gasteiger partial charge in [0, 0.05) is 22.3 Å². The Hall–Kier alpha value is -2.41. The molecule has 1 aromatic rings. The third-order valence-corrected chi connectivity index (χ3v) is 3.58. The zero-order valence-corrected chi connectivity index (χ0v) is 13.7. The first-order valence-electron chi connectivity index (χ1n) is 6.90. The summed E-state index contributed by atoms with van der Waals surface area (Å²) in [6, 6.07) is 1.49. The predicted octanol–water partition coefficient (Wildman–Crippen LogP) is 2.25. The van der Waals surface area contributed by atoms with E-state index in [1.165, 1.54) is 19.2 Å². The Morgan fingerprint density at radius 3 is 2.74 bits per heavy atom. The van der Waals surface area contributed by atoms with Crippen LogP contribution >= 0.6 is 11.6 Å². The first-order chi connectivity index (χ1) is 10.9. The zero-order chi connectivity index (χ0) is 17.1. The van der Waals surface area contributed by atoms with Crippen molar-refractivity contribution in [2.45, 2.75) is 19.9 Å². The van der Waals surface area contributed by atoms with Crippen LogP contribution in [0.25, 0.3) is 0 Å². The Morgan fingerprint density at radius 1 is 1.43 bits per heavy atom. The number of ether oxygens (including phenoxy) is 2. The number of phenolic OH excluding ortho intramolecular Hbond substituents is 1. The minimum Gasteiger partial charge on any atom is -0.504 e. The molecule has 3 N–H and O–H groups in total. The van der Waals surface area contributed by atoms with Gasteiger partial charge < -0.3 is 25.2 Å². The van der Waals surface area contributed by atoms with Gasteiger partial charge in [-0.25, -0.2) is 9.59 Å². The molecule has 2 amide bonds. The van der Waals surface area contributed by atoms with E-state index in [4.69, 9.17) is 21.1 Å². The van der Waals surface area contributed by atoms with Gasteiger partial charge in [0.1, 0.15) is 0 Å². The minimum atomic E-state index is -0.907. The van der Waals surface area contributed by atoms with E-state index in [2.05, 4.69) is 10.6 Å². The lowest BCUT2D eigenvalue weighted by Gasteiger charge is -2.28. The lowest BCUT2D eigenvalue weighted by atomic mass is 9.94. The maximum absolute atomic E-state index is 12.2. The summed E-state index contributed by atoms with van der Waals surface area (Å²) in [4.78, 5) is 24.0. The summed E-state index contributed by atoms with van der Waals surface area (Å²) in [5.74, 6) is -0.666. The first kappa shape index (κ1) is 17.0. The molecule has 0 unspecified atom stereocenters. The maximum Gasteiger partial charge on any atom is 0.338 e. The summed E-state index contributed by atoms with van der Waals surface area (Å²) in [6.45, 7) is 3.44. The maximum atomic E-state index is 12.2. The van der Waals surface area contributed by atoms with Crippen LogP contribution < -0.4 is 15.4 Å². The van der Waals surface area contributed by atoms with E-state index in [1.807, 2.05) is 0 Å². The lowest BCUT2D eigenvalue weighted by molar-refractivity contribution is -0.139. The highest BCUT2D eigenvalue weighted by Gasteiger charge is 2.34. The largest absolute Gasteiger partial charge is 0.504 e. The average molecular weight is 341 g/mol. The SMILES string of the molecule is CCOC(=O)C1=C(C)NC(=O)N[C@@H]1c1cc(Cl)cc(OC)c1O. The van der Waals surface area contributed by atoms with Gasteiger partial charge in [-0.3, -0.25) is 0 Å². The number of carbonyl (C=O) groups excluding carboxylic acids is 2. The van der Waals surface area contributed by atoms with E-state index in [9.17, 15) is 14.7 Å². The molecule has 1 aliphatic heterocycles. The van der Waals surface area contributed by atoms with Crippen molar-refractivity contribution in [1.82, 2.24) is 10.6 Å². The number of nitrogens with one attached hydrogen (secondary N) is 2. The van der Waals surface area contributed by atoms with E-state index < -0.39 is 18.0 Å². The quantitative estimate of drug-likeness (QED) is 0.730. The van der Waals surface area contributed by atoms with Gasteiger partial charge in [-0.2, -0.15) is 0 Å². The standard InChI is InChI=1S/C15H17ClN2O5/c1-4-23-14(20)11-7(2)17-15(21)18-12(11)9-5-8(16)6-10(22-3)13(9)19/h5-6,12,19H,4H2,1-3H3,(H2,17,18,21)/t12-/m1/s1. The fourth-order valence-corrected chi connectivity index (χ4v) is 2.59. The van der Waals surface area contributed by atoms with E-state index in [1.54, 1.807) is 13.8 Å². The van der Waals surface area contributed by atoms with Crippen LogP contribution in [0, 0.1) is 0 Å². The molecule has 0 fully saturated rings. The average Bonchev–Trinajstić information content (AvgIpc) is 2.48. The third-order valence-electron chi connectivity index (χ3n) is 3.36. The van der Waals surface area contributed by atoms with Gasteiger partial charge in [-0.1, -0.05) is 11.6 Å². The summed E-state index contributed by atoms with van der Waals surface area (Å²) in [5, 5.41) is 15.7. The first-order valence-corrected chi connectivity index (χ1v) is 7.28. The number of hydrogen-bond acceptors (Lipinski definition) is 5. The van der Waals surface area contributed by atoms with Crippen molar-refractivity contribution in [2.75, 3.05) is 13.7 Å². The van der Waals surface area contributed by atoms with Gasteiger partial charge in [0.25, 0.3) is 0 Å². The number of urea groups is 1. The summed E-state index contributed by atoms with van der Waals surface area (Å²) in [7, 11) is 1.38. The number of phenols is 1. The number of esters is 1. The molecule has 0 spiro atoms. The Morgan fingerprint density at radius 2 is 2.13 bits per heavy atom. The molecule has 0 radical (unpaired) electrons. The van der Waals surface area contributed by atoms with E-state index in [-0.39, 0.29) is 29.2 Å². The fraction of sp³-hybridized carbons (Fsp3) is 0.333. The Kier molecular flexibility index (Phi) is 5.00. The van der Waals surface area contributed by atoms with E-state index in [0.29, 0.717) is 10.7 Å². The van der Waals surface area contributed by atoms with Crippen LogP contribution in [-0.4, -0.2) is 30.8 Å². The van der Waals surface area contributed by atoms with Crippen LogP contribution in [0.5, 0.6) is 11.5 Å². The predicted molar refractivity (Wildman–Crippen MR) is 83.4 cm³/mol. The molecular formula is C15H17ClN2O5. The molecule has 124 valence electrons. The monoisotopic (exact) mass is 340 g/mol. The number of amides is 2. The topological polar surface area (TPSA) is 96.9 Å². The molecule has 1 aliphatic rings. The summed E-state index contributed by atoms with van der Waals surface area (Å²) in [6.07, 6.45) is 0. The van der Waals surface area contributed by atoms with E-state index >= 15 is 0 Å². The van der Waals surface area contributed by atoms with Crippen LogP contribution in [0.15, 0.2) is 23.4 Å². The van der Waals surface area contributed by atoms with Gasteiger partial charge >= 0.3 is 12.0 Å². The number of halogens is 1. The molecule has 1 aromatic carbocycles. The minimum absolute atomic E-state index is 0.140. The van der Waals surface area contributed by atoms with Crippen molar-refractivity contribution in [1.29, 1.82) is 0 Å². The second kappa shape index (κ2) is 6.78. The number of carbonyl (C=O) groups is 2. The lowest BCUT2D eigenvalue weighted by Crippen LogP contribution is -2.45. The number of methoxy groups -OCH3 is 1. The van der Waals surface area contributed by atoms with Crippen LogP contribution in [-0.2, 0) is 9.53 Å². The third kappa shape index (κ3) is 3.34. The smallest absolute Gasteiger partial charge is 0.338 e. The van der Waals surface area contributed by atoms with Gasteiger partial charge in [-0.15, -0.1) is 0 Å². The second-order valence-corrected chi connectivity index (χ2v) is 5.27. The zero-order valence-electron chi connectivity index (χ0n) is 12.9. The van der Waals surface area contributed by atoms with Crippen LogP contribution in [0.1, 0.15) is 25.5 Å². The number of hydrogen-bond donors (Lipinski definition) is 3. The number of benzene rings is 1. The van der Waals surface area contributed by atoms with Gasteiger partial charge in [0.05, 0.1) is 25.3 Å². The molecule has 2 rings (SSSR count). The summed E-state index contributed by atoms with van der Waals surface area (Å²) in [5.41, 5.74) is 0.771. The summed E-state index contributed by atoms with van der Waals surface area (Å²) >= 11 is 6.03. The van der Waals surface area contributed by atoms with Gasteiger partial charge in [0.2, 0.25) is 0 Å². The Labute approximate surface area is 138 Å². The Bertz CT molecular complexity index is 687. The second-order valence-electron chi connectivity index (χ2n) is 4.84. The highest BCUT2D eigenvalue weighted by molar-refractivity contribution is 6.30. The highest BCUT2D eigenvalue weighted by atomic mass is 35.5. The molecule has 1 atom stereocenters. The van der Waals surface area contributed by atoms with E-state index in [0.717, 1.165) is 0 Å². The molecular weight excluding hydrogens is 324 g/mol. The highest BCUT2D eigenvalue weighted by Crippen LogP contribution is 2.40. The van der Waals surface area contributed by atoms with Crippen molar-refractivity contribution >= 4 is 23.6 Å². The van der Waals surface area contributed by atoms with Crippen LogP contribution in [0.3, 0.4) is 0 Å². The van der Waals surface area contributed by atoms with Crippen molar-refractivity contribution < 1.29 is 24.2 Å². The van der Waals surface area contributed by atoms with Crippen molar-refractivity contribution in [3.8, 4) is 11.5 Å². The molecule has 0 aliphatic carbocycles. The van der Waals surface area contributed by atoms with Crippen molar-refractivity contribution in [3.05, 3.63) is 34.0 Å². The molecule has 23 heavy (non-hydrogen) atoms. The fourth-order valence-electron chi connectivity index (χ4n) is 2.38.